The lowest BCUT2D eigenvalue weighted by molar-refractivity contribution is 0.00133. The van der Waals surface area contributed by atoms with Crippen molar-refractivity contribution in [2.45, 2.75) is 30.9 Å². The summed E-state index contributed by atoms with van der Waals surface area (Å²) in [5.41, 5.74) is 0.0371. The van der Waals surface area contributed by atoms with E-state index < -0.39 is 5.60 Å². The van der Waals surface area contributed by atoms with Gasteiger partial charge in [0, 0.05) is 19.6 Å². The molecule has 1 aromatic heterocycles. The van der Waals surface area contributed by atoms with E-state index in [2.05, 4.69) is 31.1 Å². The quantitative estimate of drug-likeness (QED) is 0.823. The van der Waals surface area contributed by atoms with Crippen LogP contribution in [-0.2, 0) is 12.6 Å². The lowest BCUT2D eigenvalue weighted by Crippen LogP contribution is -2.40. The van der Waals surface area contributed by atoms with Crippen LogP contribution in [0, 0.1) is 0 Å². The van der Waals surface area contributed by atoms with E-state index in [1.807, 2.05) is 7.05 Å². The maximum atomic E-state index is 10.9. The summed E-state index contributed by atoms with van der Waals surface area (Å²) in [6.45, 7) is 2.08. The SMILES string of the molecule is Cn1nnc(Br)c1C1(O)CCN2CCCC21. The zero-order valence-corrected chi connectivity index (χ0v) is 10.8. The van der Waals surface area contributed by atoms with Crippen molar-refractivity contribution in [3.05, 3.63) is 10.3 Å². The van der Waals surface area contributed by atoms with Gasteiger partial charge in [-0.25, -0.2) is 4.68 Å². The first kappa shape index (κ1) is 10.7. The van der Waals surface area contributed by atoms with Crippen LogP contribution in [0.5, 0.6) is 0 Å². The summed E-state index contributed by atoms with van der Waals surface area (Å²) < 4.78 is 2.36. The topological polar surface area (TPSA) is 54.2 Å². The molecule has 0 spiro atoms. The minimum absolute atomic E-state index is 0.237. The normalized spacial score (nSPS) is 34.6. The number of halogens is 1. The van der Waals surface area contributed by atoms with Gasteiger partial charge < -0.3 is 5.11 Å². The number of fused-ring (bicyclic) bond motifs is 1. The molecule has 0 aromatic carbocycles. The molecule has 1 N–H and O–H groups in total. The molecule has 2 fully saturated rings. The zero-order chi connectivity index (χ0) is 11.3. The third-order valence-corrected chi connectivity index (χ3v) is 4.43. The molecule has 2 aliphatic heterocycles. The summed E-state index contributed by atoms with van der Waals surface area (Å²) in [4.78, 5) is 2.37. The first-order chi connectivity index (χ1) is 7.63. The average Bonchev–Trinajstić information content (AvgIpc) is 2.88. The summed E-state index contributed by atoms with van der Waals surface area (Å²) >= 11 is 3.39. The summed E-state index contributed by atoms with van der Waals surface area (Å²) in [5.74, 6) is 0. The zero-order valence-electron chi connectivity index (χ0n) is 9.23. The monoisotopic (exact) mass is 286 g/mol. The Bertz CT molecular complexity index is 401. The van der Waals surface area contributed by atoms with Gasteiger partial charge in [0.25, 0.3) is 0 Å². The van der Waals surface area contributed by atoms with Gasteiger partial charge in [0.1, 0.15) is 11.3 Å². The van der Waals surface area contributed by atoms with E-state index in [0.29, 0.717) is 4.60 Å². The van der Waals surface area contributed by atoms with Crippen LogP contribution in [-0.4, -0.2) is 44.1 Å². The van der Waals surface area contributed by atoms with E-state index in [-0.39, 0.29) is 6.04 Å². The third kappa shape index (κ3) is 1.30. The Labute approximate surface area is 103 Å². The summed E-state index contributed by atoms with van der Waals surface area (Å²) in [6.07, 6.45) is 3.02. The van der Waals surface area contributed by atoms with Crippen LogP contribution < -0.4 is 0 Å². The van der Waals surface area contributed by atoms with E-state index in [4.69, 9.17) is 0 Å². The molecule has 2 aliphatic rings. The largest absolute Gasteiger partial charge is 0.382 e. The molecule has 0 saturated carbocycles. The van der Waals surface area contributed by atoms with Crippen LogP contribution in [0.3, 0.4) is 0 Å². The molecule has 16 heavy (non-hydrogen) atoms. The molecule has 3 rings (SSSR count). The van der Waals surface area contributed by atoms with E-state index in [1.165, 1.54) is 6.42 Å². The van der Waals surface area contributed by atoms with Crippen molar-refractivity contribution in [3.63, 3.8) is 0 Å². The van der Waals surface area contributed by atoms with Gasteiger partial charge in [0.15, 0.2) is 4.60 Å². The maximum absolute atomic E-state index is 10.9. The molecule has 3 heterocycles. The highest BCUT2D eigenvalue weighted by molar-refractivity contribution is 9.10. The van der Waals surface area contributed by atoms with Gasteiger partial charge in [0.2, 0.25) is 0 Å². The molecule has 88 valence electrons. The molecule has 0 bridgehead atoms. The fourth-order valence-electron chi connectivity index (χ4n) is 3.18. The smallest absolute Gasteiger partial charge is 0.154 e. The second-order valence-electron chi connectivity index (χ2n) is 4.72. The summed E-state index contributed by atoms with van der Waals surface area (Å²) in [6, 6.07) is 0.237. The minimum atomic E-state index is -0.784. The van der Waals surface area contributed by atoms with E-state index in [1.54, 1.807) is 4.68 Å². The van der Waals surface area contributed by atoms with Gasteiger partial charge >= 0.3 is 0 Å². The Hall–Kier alpha value is -0.460. The second kappa shape index (κ2) is 3.51. The molecule has 5 nitrogen and oxygen atoms in total. The van der Waals surface area contributed by atoms with Crippen LogP contribution in [0.4, 0.5) is 0 Å². The van der Waals surface area contributed by atoms with Gasteiger partial charge in [-0.1, -0.05) is 5.21 Å². The molecule has 6 heteroatoms. The highest BCUT2D eigenvalue weighted by Crippen LogP contribution is 2.44. The summed E-state index contributed by atoms with van der Waals surface area (Å²) in [5, 5.41) is 18.8. The number of rotatable bonds is 1. The molecule has 0 aliphatic carbocycles. The Kier molecular flexibility index (Phi) is 2.35. The van der Waals surface area contributed by atoms with E-state index in [9.17, 15) is 5.11 Å². The molecule has 1 aromatic rings. The van der Waals surface area contributed by atoms with Gasteiger partial charge in [-0.05, 0) is 41.7 Å². The van der Waals surface area contributed by atoms with Gasteiger partial charge in [0.05, 0.1) is 0 Å². The third-order valence-electron chi connectivity index (χ3n) is 3.89. The maximum Gasteiger partial charge on any atom is 0.154 e. The first-order valence-corrected chi connectivity index (χ1v) is 6.44. The molecule has 2 unspecified atom stereocenters. The standard InChI is InChI=1S/C10H15BrN4O/c1-14-8(9(11)12-13-14)10(16)4-6-15-5-2-3-7(10)15/h7,16H,2-6H2,1H3. The molecule has 2 saturated heterocycles. The van der Waals surface area contributed by atoms with E-state index >= 15 is 0 Å². The van der Waals surface area contributed by atoms with Crippen LogP contribution in [0.25, 0.3) is 0 Å². The minimum Gasteiger partial charge on any atom is -0.382 e. The number of aliphatic hydroxyl groups is 1. The van der Waals surface area contributed by atoms with Gasteiger partial charge in [-0.2, -0.15) is 0 Å². The van der Waals surface area contributed by atoms with Crippen LogP contribution in [0.15, 0.2) is 4.60 Å². The Morgan fingerprint density at radius 2 is 2.31 bits per heavy atom. The second-order valence-corrected chi connectivity index (χ2v) is 5.47. The lowest BCUT2D eigenvalue weighted by atomic mass is 9.89. The lowest BCUT2D eigenvalue weighted by Gasteiger charge is -2.29. The Balaban J connectivity index is 2.05. The molecular weight excluding hydrogens is 272 g/mol. The molecular formula is C10H15BrN4O. The number of aryl methyl sites for hydroxylation is 1. The number of nitrogens with zero attached hydrogens (tertiary/aromatic N) is 4. The fraction of sp³-hybridized carbons (Fsp3) is 0.800. The highest BCUT2D eigenvalue weighted by atomic mass is 79.9. The highest BCUT2D eigenvalue weighted by Gasteiger charge is 2.51. The van der Waals surface area contributed by atoms with Crippen molar-refractivity contribution in [2.24, 2.45) is 7.05 Å². The Morgan fingerprint density at radius 3 is 3.00 bits per heavy atom. The number of hydrogen-bond donors (Lipinski definition) is 1. The fourth-order valence-corrected chi connectivity index (χ4v) is 3.85. The van der Waals surface area contributed by atoms with Crippen LogP contribution in [0.2, 0.25) is 0 Å². The van der Waals surface area contributed by atoms with Gasteiger partial charge in [-0.15, -0.1) is 5.10 Å². The molecule has 0 radical (unpaired) electrons. The number of aromatic nitrogens is 3. The predicted octanol–water partition coefficient (Wildman–Crippen LogP) is 0.633. The van der Waals surface area contributed by atoms with Gasteiger partial charge in [-0.3, -0.25) is 4.90 Å². The van der Waals surface area contributed by atoms with Crippen molar-refractivity contribution in [2.75, 3.05) is 13.1 Å². The van der Waals surface area contributed by atoms with E-state index in [0.717, 1.165) is 31.6 Å². The number of hydrogen-bond acceptors (Lipinski definition) is 4. The first-order valence-electron chi connectivity index (χ1n) is 5.65. The molecule has 2 atom stereocenters. The van der Waals surface area contributed by atoms with Crippen molar-refractivity contribution in [1.82, 2.24) is 19.9 Å². The Morgan fingerprint density at radius 1 is 1.50 bits per heavy atom. The summed E-state index contributed by atoms with van der Waals surface area (Å²) in [7, 11) is 1.84. The average molecular weight is 287 g/mol. The van der Waals surface area contributed by atoms with Crippen LogP contribution >= 0.6 is 15.9 Å². The van der Waals surface area contributed by atoms with Crippen molar-refractivity contribution >= 4 is 15.9 Å². The predicted molar refractivity (Wildman–Crippen MR) is 61.8 cm³/mol. The van der Waals surface area contributed by atoms with Crippen molar-refractivity contribution in [3.8, 4) is 0 Å². The van der Waals surface area contributed by atoms with Crippen molar-refractivity contribution in [1.29, 1.82) is 0 Å². The molecule has 0 amide bonds. The van der Waals surface area contributed by atoms with Crippen LogP contribution in [0.1, 0.15) is 25.0 Å². The van der Waals surface area contributed by atoms with Crippen molar-refractivity contribution < 1.29 is 5.11 Å².